The second-order valence-electron chi connectivity index (χ2n) is 8.38. The molecule has 2 aromatic rings. The number of nitrogens with zero attached hydrogens (tertiary/aromatic N) is 7. The third-order valence-corrected chi connectivity index (χ3v) is 5.48. The first-order valence-electron chi connectivity index (χ1n) is 10.9. The van der Waals surface area contributed by atoms with Gasteiger partial charge in [-0.15, -0.1) is 0 Å². The molecule has 1 atom stereocenters. The van der Waals surface area contributed by atoms with Gasteiger partial charge in [-0.05, 0) is 20.3 Å². The highest BCUT2D eigenvalue weighted by Gasteiger charge is 2.41. The Balaban J connectivity index is 1.62. The van der Waals surface area contributed by atoms with Crippen LogP contribution in [0.5, 0.6) is 0 Å². The molecule has 0 saturated carbocycles. The quantitative estimate of drug-likeness (QED) is 0.536. The Morgan fingerprint density at radius 3 is 2.64 bits per heavy atom. The Morgan fingerprint density at radius 1 is 1.24 bits per heavy atom. The summed E-state index contributed by atoms with van der Waals surface area (Å²) in [6.07, 6.45) is 2.97. The van der Waals surface area contributed by atoms with Gasteiger partial charge in [0.1, 0.15) is 0 Å². The molecule has 2 saturated heterocycles. The number of nitrogen functional groups attached to an aromatic ring is 1. The van der Waals surface area contributed by atoms with Crippen LogP contribution in [-0.2, 0) is 9.47 Å². The predicted octanol–water partition coefficient (Wildman–Crippen LogP) is 0.141. The first-order valence-corrected chi connectivity index (χ1v) is 10.9. The summed E-state index contributed by atoms with van der Waals surface area (Å²) in [4.78, 5) is 37.7. The van der Waals surface area contributed by atoms with Crippen molar-refractivity contribution >= 4 is 23.9 Å². The number of likely N-dealkylation sites (tertiary alicyclic amines) is 1. The van der Waals surface area contributed by atoms with Crippen LogP contribution in [0.3, 0.4) is 0 Å². The van der Waals surface area contributed by atoms with Gasteiger partial charge in [-0.1, -0.05) is 0 Å². The standard InChI is InChI=1S/C20H29N9O4/c1-13(2)33-19(31)29-4-3-20(11-29,12-30)27-17-24-15(14-9-22-16(21)23-10-14)25-18(26-17)28-5-7-32-8-6-28/h9-10,13,30H,3-8,11-12H2,1-2H3,(H2,21,22,23)(H,24,25,26,27)/t20-/m0/s1. The number of aliphatic hydroxyl groups excluding tert-OH is 1. The first kappa shape index (κ1) is 22.9. The number of nitrogens with two attached hydrogens (primary N) is 1. The number of rotatable bonds is 6. The molecule has 0 radical (unpaired) electrons. The summed E-state index contributed by atoms with van der Waals surface area (Å²) in [6, 6.07) is 0. The number of morpholine rings is 1. The monoisotopic (exact) mass is 459 g/mol. The zero-order valence-electron chi connectivity index (χ0n) is 18.8. The lowest BCUT2D eigenvalue weighted by Gasteiger charge is -2.30. The molecule has 178 valence electrons. The second kappa shape index (κ2) is 9.67. The number of nitrogens with one attached hydrogen (secondary N) is 1. The van der Waals surface area contributed by atoms with Crippen molar-refractivity contribution in [1.29, 1.82) is 0 Å². The summed E-state index contributed by atoms with van der Waals surface area (Å²) < 4.78 is 10.7. The number of aliphatic hydroxyl groups is 1. The summed E-state index contributed by atoms with van der Waals surface area (Å²) in [5.41, 5.74) is 5.38. The smallest absolute Gasteiger partial charge is 0.410 e. The van der Waals surface area contributed by atoms with Gasteiger partial charge in [0, 0.05) is 38.6 Å². The molecule has 1 amide bonds. The molecule has 2 aliphatic heterocycles. The van der Waals surface area contributed by atoms with E-state index in [9.17, 15) is 9.90 Å². The van der Waals surface area contributed by atoms with Crippen LogP contribution in [0.25, 0.3) is 11.4 Å². The summed E-state index contributed by atoms with van der Waals surface area (Å²) in [5, 5.41) is 13.5. The Hall–Kier alpha value is -3.32. The number of hydrogen-bond acceptors (Lipinski definition) is 12. The molecule has 2 fully saturated rings. The molecule has 4 N–H and O–H groups in total. The van der Waals surface area contributed by atoms with Gasteiger partial charge in [0.05, 0.1) is 37.0 Å². The van der Waals surface area contributed by atoms with Crippen molar-refractivity contribution in [2.75, 3.05) is 62.0 Å². The maximum absolute atomic E-state index is 12.3. The first-order chi connectivity index (χ1) is 15.9. The van der Waals surface area contributed by atoms with E-state index in [-0.39, 0.29) is 31.2 Å². The molecule has 0 bridgehead atoms. The summed E-state index contributed by atoms with van der Waals surface area (Å²) in [5.74, 6) is 1.28. The summed E-state index contributed by atoms with van der Waals surface area (Å²) in [6.45, 7) is 6.51. The SMILES string of the molecule is CC(C)OC(=O)N1CC[C@](CO)(Nc2nc(-c3cnc(N)nc3)nc(N3CCOCC3)n2)C1. The molecule has 13 nitrogen and oxygen atoms in total. The largest absolute Gasteiger partial charge is 0.447 e. The van der Waals surface area contributed by atoms with Crippen LogP contribution in [0, 0.1) is 0 Å². The van der Waals surface area contributed by atoms with E-state index in [1.165, 1.54) is 0 Å². The zero-order chi connectivity index (χ0) is 23.4. The van der Waals surface area contributed by atoms with E-state index in [0.717, 1.165) is 0 Å². The number of hydrogen-bond donors (Lipinski definition) is 3. The fourth-order valence-electron chi connectivity index (χ4n) is 3.72. The van der Waals surface area contributed by atoms with Crippen molar-refractivity contribution in [2.45, 2.75) is 31.9 Å². The maximum Gasteiger partial charge on any atom is 0.410 e. The summed E-state index contributed by atoms with van der Waals surface area (Å²) in [7, 11) is 0. The van der Waals surface area contributed by atoms with E-state index in [1.54, 1.807) is 31.1 Å². The number of carbonyl (C=O) groups is 1. The van der Waals surface area contributed by atoms with E-state index in [1.807, 2.05) is 4.90 Å². The highest BCUT2D eigenvalue weighted by atomic mass is 16.6. The van der Waals surface area contributed by atoms with E-state index in [2.05, 4.69) is 30.2 Å². The molecule has 4 heterocycles. The van der Waals surface area contributed by atoms with Crippen molar-refractivity contribution in [3.05, 3.63) is 12.4 Å². The Kier molecular flexibility index (Phi) is 6.70. The van der Waals surface area contributed by atoms with Gasteiger partial charge in [-0.2, -0.15) is 15.0 Å². The zero-order valence-corrected chi connectivity index (χ0v) is 18.8. The number of anilines is 3. The highest BCUT2D eigenvalue weighted by Crippen LogP contribution is 2.27. The lowest BCUT2D eigenvalue weighted by atomic mass is 10.0. The topological polar surface area (TPSA) is 165 Å². The Bertz CT molecular complexity index is 969. The molecule has 0 unspecified atom stereocenters. The van der Waals surface area contributed by atoms with Gasteiger partial charge in [0.25, 0.3) is 0 Å². The van der Waals surface area contributed by atoms with Crippen LogP contribution in [0.15, 0.2) is 12.4 Å². The molecule has 0 spiro atoms. The van der Waals surface area contributed by atoms with E-state index in [0.29, 0.717) is 56.6 Å². The number of ether oxygens (including phenoxy) is 2. The minimum atomic E-state index is -0.811. The minimum Gasteiger partial charge on any atom is -0.447 e. The van der Waals surface area contributed by atoms with E-state index >= 15 is 0 Å². The van der Waals surface area contributed by atoms with Crippen LogP contribution in [-0.4, -0.2) is 98.7 Å². The van der Waals surface area contributed by atoms with Crippen molar-refractivity contribution in [3.63, 3.8) is 0 Å². The Morgan fingerprint density at radius 2 is 1.97 bits per heavy atom. The van der Waals surface area contributed by atoms with Gasteiger partial charge >= 0.3 is 6.09 Å². The van der Waals surface area contributed by atoms with Crippen molar-refractivity contribution < 1.29 is 19.4 Å². The summed E-state index contributed by atoms with van der Waals surface area (Å²) >= 11 is 0. The molecule has 33 heavy (non-hydrogen) atoms. The molecule has 2 aliphatic rings. The molecular weight excluding hydrogens is 430 g/mol. The van der Waals surface area contributed by atoms with Gasteiger partial charge in [-0.25, -0.2) is 14.8 Å². The Labute approximate surface area is 191 Å². The van der Waals surface area contributed by atoms with Crippen LogP contribution >= 0.6 is 0 Å². The maximum atomic E-state index is 12.3. The van der Waals surface area contributed by atoms with Crippen molar-refractivity contribution in [1.82, 2.24) is 29.8 Å². The third-order valence-electron chi connectivity index (χ3n) is 5.48. The van der Waals surface area contributed by atoms with Crippen LogP contribution < -0.4 is 16.0 Å². The highest BCUT2D eigenvalue weighted by molar-refractivity contribution is 5.68. The molecule has 0 aromatic carbocycles. The van der Waals surface area contributed by atoms with Crippen LogP contribution in [0.2, 0.25) is 0 Å². The molecule has 4 rings (SSSR count). The number of aromatic nitrogens is 5. The predicted molar refractivity (Wildman–Crippen MR) is 120 cm³/mol. The third kappa shape index (κ3) is 5.37. The van der Waals surface area contributed by atoms with Gasteiger partial charge in [0.15, 0.2) is 5.82 Å². The van der Waals surface area contributed by atoms with E-state index < -0.39 is 11.6 Å². The number of amides is 1. The van der Waals surface area contributed by atoms with Gasteiger partial charge < -0.3 is 35.4 Å². The van der Waals surface area contributed by atoms with Crippen molar-refractivity contribution in [2.24, 2.45) is 0 Å². The lowest BCUT2D eigenvalue weighted by Crippen LogP contribution is -2.46. The number of carbonyl (C=O) groups excluding carboxylic acids is 1. The second-order valence-corrected chi connectivity index (χ2v) is 8.38. The average Bonchev–Trinajstić information content (AvgIpc) is 3.24. The minimum absolute atomic E-state index is 0.151. The van der Waals surface area contributed by atoms with Crippen LogP contribution in [0.1, 0.15) is 20.3 Å². The van der Waals surface area contributed by atoms with Gasteiger partial charge in [-0.3, -0.25) is 0 Å². The van der Waals surface area contributed by atoms with E-state index in [4.69, 9.17) is 15.2 Å². The van der Waals surface area contributed by atoms with Crippen molar-refractivity contribution in [3.8, 4) is 11.4 Å². The van der Waals surface area contributed by atoms with Crippen LogP contribution in [0.4, 0.5) is 22.6 Å². The fourth-order valence-corrected chi connectivity index (χ4v) is 3.72. The lowest BCUT2D eigenvalue weighted by molar-refractivity contribution is 0.0810. The average molecular weight is 460 g/mol. The normalized spacial score (nSPS) is 20.8. The molecule has 0 aliphatic carbocycles. The molecule has 13 heteroatoms. The molecular formula is C20H29N9O4. The molecule has 2 aromatic heterocycles. The fraction of sp³-hybridized carbons (Fsp3) is 0.600. The van der Waals surface area contributed by atoms with Gasteiger partial charge in [0.2, 0.25) is 17.8 Å².